The zero-order valence-electron chi connectivity index (χ0n) is 19.8. The second kappa shape index (κ2) is 10.6. The number of fused-ring (bicyclic) bond motifs is 1. The lowest BCUT2D eigenvalue weighted by Gasteiger charge is -2.14. The summed E-state index contributed by atoms with van der Waals surface area (Å²) in [4.78, 5) is 33.4. The van der Waals surface area contributed by atoms with Crippen molar-refractivity contribution < 1.29 is 23.6 Å². The molecule has 0 aliphatic carbocycles. The normalized spacial score (nSPS) is 11.8. The Kier molecular flexibility index (Phi) is 7.30. The number of aromatic nitrogens is 3. The third-order valence-corrected chi connectivity index (χ3v) is 6.24. The van der Waals surface area contributed by atoms with Crippen LogP contribution in [0.5, 0.6) is 11.5 Å². The summed E-state index contributed by atoms with van der Waals surface area (Å²) in [5, 5.41) is 12.0. The summed E-state index contributed by atoms with van der Waals surface area (Å²) in [5.41, 5.74) is 2.31. The molecule has 0 aliphatic heterocycles. The van der Waals surface area contributed by atoms with Crippen molar-refractivity contribution in [3.63, 3.8) is 0 Å². The summed E-state index contributed by atoms with van der Waals surface area (Å²) in [6.07, 6.45) is 2.28. The molecule has 1 unspecified atom stereocenters. The SMILES string of the molecule is COc1cc(OC)cc(-c2cc3cnc(S(C)=O)nc3n(CCc3cccc(NC(=O)O)c3)c2=O)c1. The Morgan fingerprint density at radius 2 is 1.83 bits per heavy atom. The van der Waals surface area contributed by atoms with Crippen LogP contribution in [0, 0.1) is 0 Å². The number of rotatable bonds is 8. The maximum Gasteiger partial charge on any atom is 0.409 e. The first-order valence-electron chi connectivity index (χ1n) is 10.9. The smallest absolute Gasteiger partial charge is 0.409 e. The number of pyridine rings is 1. The molecule has 36 heavy (non-hydrogen) atoms. The second-order valence-electron chi connectivity index (χ2n) is 7.88. The van der Waals surface area contributed by atoms with Gasteiger partial charge in [0.2, 0.25) is 5.16 Å². The predicted octanol–water partition coefficient (Wildman–Crippen LogP) is 3.55. The highest BCUT2D eigenvalue weighted by atomic mass is 32.2. The van der Waals surface area contributed by atoms with Gasteiger partial charge in [-0.3, -0.25) is 18.9 Å². The highest BCUT2D eigenvalue weighted by Crippen LogP contribution is 2.29. The van der Waals surface area contributed by atoms with Crippen LogP contribution in [-0.4, -0.2) is 50.4 Å². The fourth-order valence-electron chi connectivity index (χ4n) is 3.83. The quantitative estimate of drug-likeness (QED) is 0.345. The van der Waals surface area contributed by atoms with E-state index in [1.54, 1.807) is 48.7 Å². The molecule has 1 amide bonds. The number of carboxylic acid groups (broad SMARTS) is 1. The van der Waals surface area contributed by atoms with Crippen LogP contribution in [0.2, 0.25) is 0 Å². The van der Waals surface area contributed by atoms with E-state index in [2.05, 4.69) is 15.3 Å². The van der Waals surface area contributed by atoms with E-state index in [9.17, 15) is 13.8 Å². The molecular weight excluding hydrogens is 484 g/mol. The van der Waals surface area contributed by atoms with Gasteiger partial charge in [0.25, 0.3) is 5.56 Å². The Hall–Kier alpha value is -4.25. The molecular formula is C25H24N4O6S. The van der Waals surface area contributed by atoms with E-state index < -0.39 is 16.9 Å². The van der Waals surface area contributed by atoms with E-state index in [1.165, 1.54) is 25.0 Å². The lowest BCUT2D eigenvalue weighted by Crippen LogP contribution is -2.24. The molecule has 0 aliphatic rings. The molecule has 2 heterocycles. The minimum Gasteiger partial charge on any atom is -0.497 e. The molecule has 2 aromatic carbocycles. The standard InChI is InChI=1S/C25H24N4O6S/c1-34-19-10-16(11-20(13-19)35-2)21-12-17-14-26-24(36(3)33)28-22(17)29(23(21)30)8-7-15-5-4-6-18(9-15)27-25(31)32/h4-6,9-14,27H,7-8H2,1-3H3,(H,31,32). The number of anilines is 1. The molecule has 1 atom stereocenters. The largest absolute Gasteiger partial charge is 0.497 e. The van der Waals surface area contributed by atoms with Crippen LogP contribution in [0.1, 0.15) is 5.56 Å². The van der Waals surface area contributed by atoms with Gasteiger partial charge in [-0.1, -0.05) is 12.1 Å². The number of aryl methyl sites for hydroxylation is 2. The molecule has 10 nitrogen and oxygen atoms in total. The van der Waals surface area contributed by atoms with Crippen LogP contribution in [0.4, 0.5) is 10.5 Å². The number of ether oxygens (including phenoxy) is 2. The average Bonchev–Trinajstić information content (AvgIpc) is 2.87. The van der Waals surface area contributed by atoms with Crippen molar-refractivity contribution in [1.82, 2.24) is 14.5 Å². The van der Waals surface area contributed by atoms with Gasteiger partial charge in [0, 0.05) is 41.7 Å². The summed E-state index contributed by atoms with van der Waals surface area (Å²) in [7, 11) is 1.63. The van der Waals surface area contributed by atoms with Crippen molar-refractivity contribution in [2.75, 3.05) is 25.8 Å². The minimum absolute atomic E-state index is 0.124. The van der Waals surface area contributed by atoms with Gasteiger partial charge >= 0.3 is 6.09 Å². The first kappa shape index (κ1) is 24.9. The number of hydrogen-bond donors (Lipinski definition) is 2. The zero-order chi connectivity index (χ0) is 25.8. The molecule has 186 valence electrons. The Balaban J connectivity index is 1.84. The van der Waals surface area contributed by atoms with Gasteiger partial charge in [-0.05, 0) is 47.9 Å². The molecule has 0 bridgehead atoms. The molecule has 2 aromatic heterocycles. The minimum atomic E-state index is -1.43. The van der Waals surface area contributed by atoms with Crippen LogP contribution in [0.15, 0.2) is 64.7 Å². The van der Waals surface area contributed by atoms with E-state index >= 15 is 0 Å². The Morgan fingerprint density at radius 3 is 2.47 bits per heavy atom. The molecule has 11 heteroatoms. The Morgan fingerprint density at radius 1 is 1.11 bits per heavy atom. The van der Waals surface area contributed by atoms with Gasteiger partial charge in [-0.25, -0.2) is 14.8 Å². The lowest BCUT2D eigenvalue weighted by atomic mass is 10.0. The maximum absolute atomic E-state index is 13.8. The number of benzene rings is 2. The van der Waals surface area contributed by atoms with Gasteiger partial charge in [0.05, 0.1) is 25.0 Å². The number of methoxy groups -OCH3 is 2. The number of amides is 1. The molecule has 0 saturated heterocycles. The third-order valence-electron chi connectivity index (χ3n) is 5.53. The van der Waals surface area contributed by atoms with Gasteiger partial charge in [0.15, 0.2) is 0 Å². The van der Waals surface area contributed by atoms with Crippen molar-refractivity contribution in [1.29, 1.82) is 0 Å². The van der Waals surface area contributed by atoms with Crippen molar-refractivity contribution in [2.45, 2.75) is 18.1 Å². The van der Waals surface area contributed by atoms with E-state index in [4.69, 9.17) is 14.6 Å². The summed E-state index contributed by atoms with van der Waals surface area (Å²) in [5.74, 6) is 1.07. The fraction of sp³-hybridized carbons (Fsp3) is 0.200. The first-order valence-corrected chi connectivity index (χ1v) is 12.4. The van der Waals surface area contributed by atoms with E-state index in [1.807, 2.05) is 6.07 Å². The molecule has 2 N–H and O–H groups in total. The summed E-state index contributed by atoms with van der Waals surface area (Å²) < 4.78 is 24.3. The topological polar surface area (TPSA) is 133 Å². The number of nitrogens with zero attached hydrogens (tertiary/aromatic N) is 3. The molecule has 0 saturated carbocycles. The zero-order valence-corrected chi connectivity index (χ0v) is 20.7. The second-order valence-corrected chi connectivity index (χ2v) is 9.16. The molecule has 0 spiro atoms. The number of nitrogens with one attached hydrogen (secondary N) is 1. The van der Waals surface area contributed by atoms with Gasteiger partial charge in [-0.15, -0.1) is 0 Å². The van der Waals surface area contributed by atoms with Crippen LogP contribution in [-0.2, 0) is 23.8 Å². The number of hydrogen-bond acceptors (Lipinski definition) is 7. The first-order chi connectivity index (χ1) is 17.3. The van der Waals surface area contributed by atoms with Crippen LogP contribution in [0.3, 0.4) is 0 Å². The Labute approximate surface area is 209 Å². The highest BCUT2D eigenvalue weighted by Gasteiger charge is 2.16. The molecule has 0 fully saturated rings. The van der Waals surface area contributed by atoms with E-state index in [-0.39, 0.29) is 17.3 Å². The third kappa shape index (κ3) is 5.36. The molecule has 4 aromatic rings. The summed E-state index contributed by atoms with van der Waals surface area (Å²) in [6, 6.07) is 13.8. The molecule has 0 radical (unpaired) electrons. The Bertz CT molecular complexity index is 1510. The monoisotopic (exact) mass is 508 g/mol. The summed E-state index contributed by atoms with van der Waals surface area (Å²) >= 11 is 0. The van der Waals surface area contributed by atoms with Crippen molar-refractivity contribution >= 4 is 33.6 Å². The highest BCUT2D eigenvalue weighted by molar-refractivity contribution is 7.84. The van der Waals surface area contributed by atoms with Crippen LogP contribution >= 0.6 is 0 Å². The lowest BCUT2D eigenvalue weighted by molar-refractivity contribution is 0.209. The van der Waals surface area contributed by atoms with Crippen molar-refractivity contribution in [3.05, 3.63) is 70.6 Å². The van der Waals surface area contributed by atoms with Gasteiger partial charge < -0.3 is 14.6 Å². The van der Waals surface area contributed by atoms with Crippen molar-refractivity contribution in [3.8, 4) is 22.6 Å². The fourth-order valence-corrected chi connectivity index (χ4v) is 4.24. The van der Waals surface area contributed by atoms with Crippen LogP contribution < -0.4 is 20.3 Å². The predicted molar refractivity (Wildman–Crippen MR) is 136 cm³/mol. The average molecular weight is 509 g/mol. The summed E-state index contributed by atoms with van der Waals surface area (Å²) in [6.45, 7) is 0.244. The van der Waals surface area contributed by atoms with Gasteiger partial charge in [-0.2, -0.15) is 0 Å². The van der Waals surface area contributed by atoms with Crippen molar-refractivity contribution in [2.24, 2.45) is 0 Å². The number of carbonyl (C=O) groups is 1. The maximum atomic E-state index is 13.8. The van der Waals surface area contributed by atoms with E-state index in [0.717, 1.165) is 5.56 Å². The van der Waals surface area contributed by atoms with Crippen LogP contribution in [0.25, 0.3) is 22.2 Å². The van der Waals surface area contributed by atoms with E-state index in [0.29, 0.717) is 45.8 Å². The van der Waals surface area contributed by atoms with Gasteiger partial charge in [0.1, 0.15) is 17.1 Å². The molecule has 4 rings (SSSR count).